The molecule has 0 aliphatic carbocycles. The van der Waals surface area contributed by atoms with Crippen molar-refractivity contribution in [1.82, 2.24) is 19.9 Å². The van der Waals surface area contributed by atoms with Gasteiger partial charge in [0, 0.05) is 53.9 Å². The second kappa shape index (κ2) is 15.9. The first kappa shape index (κ1) is 42.4. The quantitative estimate of drug-likeness (QED) is 0.0704. The van der Waals surface area contributed by atoms with Gasteiger partial charge in [-0.2, -0.15) is 0 Å². The van der Waals surface area contributed by atoms with Crippen LogP contribution in [0.25, 0.3) is 32.9 Å². The van der Waals surface area contributed by atoms with Crippen LogP contribution in [0, 0.1) is 23.1 Å². The summed E-state index contributed by atoms with van der Waals surface area (Å²) in [7, 11) is -4.85. The third-order valence-electron chi connectivity index (χ3n) is 11.7. The Labute approximate surface area is 336 Å². The molecule has 57 heavy (non-hydrogen) atoms. The Morgan fingerprint density at radius 3 is 2.19 bits per heavy atom. The Hall–Kier alpha value is -4.19. The zero-order chi connectivity index (χ0) is 41.8. The number of benzene rings is 2. The second-order valence-electron chi connectivity index (χ2n) is 17.5. The molecule has 4 aromatic rings. The summed E-state index contributed by atoms with van der Waals surface area (Å²) in [6, 6.07) is 5.92. The molecule has 0 radical (unpaired) electrons. The largest absolute Gasteiger partial charge is 0.468 e. The van der Waals surface area contributed by atoms with E-state index in [0.29, 0.717) is 35.1 Å². The van der Waals surface area contributed by atoms with Crippen molar-refractivity contribution in [2.75, 3.05) is 20.2 Å². The molecule has 306 valence electrons. The number of hydrogen-bond donors (Lipinski definition) is 0. The number of halogens is 2. The lowest BCUT2D eigenvalue weighted by atomic mass is 9.86. The summed E-state index contributed by atoms with van der Waals surface area (Å²) >= 11 is 0. The van der Waals surface area contributed by atoms with Gasteiger partial charge in [0.2, 0.25) is 15.0 Å². The molecule has 2 aromatic heterocycles. The molecular weight excluding hydrogens is 767 g/mol. The molecule has 2 aliphatic heterocycles. The van der Waals surface area contributed by atoms with Gasteiger partial charge in [0.1, 0.15) is 36.5 Å². The molecule has 2 fully saturated rings. The minimum absolute atomic E-state index is 0.0965. The zero-order valence-electron chi connectivity index (χ0n) is 34.8. The van der Waals surface area contributed by atoms with Crippen molar-refractivity contribution in [3.63, 3.8) is 0 Å². The van der Waals surface area contributed by atoms with Crippen LogP contribution in [0.4, 0.5) is 13.6 Å². The third-order valence-corrected chi connectivity index (χ3v) is 18.8. The lowest BCUT2D eigenvalue weighted by Crippen LogP contribution is -2.48. The maximum Gasteiger partial charge on any atom is 0.410 e. The van der Waals surface area contributed by atoms with Crippen LogP contribution in [0.3, 0.4) is 0 Å². The van der Waals surface area contributed by atoms with E-state index in [1.807, 2.05) is 20.8 Å². The summed E-state index contributed by atoms with van der Waals surface area (Å²) in [5.74, 6) is 1.84. The first-order valence-electron chi connectivity index (χ1n) is 19.7. The molecule has 1 amide bonds. The number of ether oxygens (including phenoxy) is 3. The van der Waals surface area contributed by atoms with Gasteiger partial charge in [0.25, 0.3) is 0 Å². The standard InChI is InChI=1S/C43H54F2N4O6SSi/c1-24(2)57(25(3)4,26(5)6)17-16-32-35(44)15-12-27-20-31(54-23-53-10)21-33(36(27)32)39-37(45)40-34(22-46-39)38(47-41(48-40)56(11,51)52)28-18-29-13-14-30(19-28)49(29)42(50)55-43(7,8)9/h12,15,20-22,24-26,28-30H,13-14,18-19,23H2,1-11H3/t28?,29-,30+. The minimum atomic E-state index is -4.00. The van der Waals surface area contributed by atoms with Gasteiger partial charge in [0.05, 0.1) is 11.3 Å². The first-order chi connectivity index (χ1) is 26.7. The molecule has 14 heteroatoms. The lowest BCUT2D eigenvalue weighted by Gasteiger charge is -2.39. The fourth-order valence-electron chi connectivity index (χ4n) is 9.27. The normalized spacial score (nSPS) is 18.8. The SMILES string of the molecule is COCOc1cc(-c2ncc3c(C4C[C@H]5CC[C@@H](C4)N5C(=O)OC(C)(C)C)nc(S(C)(=O)=O)nc3c2F)c2c(C#C[Si](C(C)C)(C(C)C)C(C)C)c(F)ccc2c1. The van der Waals surface area contributed by atoms with Crippen LogP contribution in [-0.2, 0) is 19.3 Å². The summed E-state index contributed by atoms with van der Waals surface area (Å²) < 4.78 is 76.4. The summed E-state index contributed by atoms with van der Waals surface area (Å²) in [5, 5.41) is 0.646. The van der Waals surface area contributed by atoms with E-state index in [-0.39, 0.29) is 75.2 Å². The minimum Gasteiger partial charge on any atom is -0.468 e. The van der Waals surface area contributed by atoms with E-state index in [1.165, 1.54) is 19.4 Å². The number of rotatable bonds is 9. The molecule has 10 nitrogen and oxygen atoms in total. The number of carbonyl (C=O) groups excluding carboxylic acids is 1. The number of pyridine rings is 1. The molecule has 0 saturated carbocycles. The predicted molar refractivity (Wildman–Crippen MR) is 221 cm³/mol. The van der Waals surface area contributed by atoms with E-state index in [4.69, 9.17) is 14.2 Å². The third kappa shape index (κ3) is 8.12. The van der Waals surface area contributed by atoms with Crippen molar-refractivity contribution < 1.29 is 36.2 Å². The summed E-state index contributed by atoms with van der Waals surface area (Å²) in [6.45, 7) is 18.4. The maximum atomic E-state index is 17.4. The van der Waals surface area contributed by atoms with Gasteiger partial charge in [0.15, 0.2) is 12.6 Å². The highest BCUT2D eigenvalue weighted by Crippen LogP contribution is 2.46. The van der Waals surface area contributed by atoms with Crippen LogP contribution in [0.2, 0.25) is 16.6 Å². The van der Waals surface area contributed by atoms with Gasteiger partial charge < -0.3 is 19.1 Å². The van der Waals surface area contributed by atoms with Crippen molar-refractivity contribution in [3.8, 4) is 28.5 Å². The van der Waals surface area contributed by atoms with Crippen LogP contribution in [0.5, 0.6) is 5.75 Å². The van der Waals surface area contributed by atoms with Crippen LogP contribution < -0.4 is 4.74 Å². The molecular formula is C43H54F2N4O6SSi. The highest BCUT2D eigenvalue weighted by atomic mass is 32.2. The Morgan fingerprint density at radius 1 is 1.00 bits per heavy atom. The maximum absolute atomic E-state index is 17.4. The van der Waals surface area contributed by atoms with Gasteiger partial charge in [-0.1, -0.05) is 53.5 Å². The molecule has 0 N–H and O–H groups in total. The molecule has 0 spiro atoms. The van der Waals surface area contributed by atoms with E-state index in [0.717, 1.165) is 19.1 Å². The van der Waals surface area contributed by atoms with Crippen LogP contribution in [0.15, 0.2) is 35.6 Å². The molecule has 6 rings (SSSR count). The number of hydrogen-bond acceptors (Lipinski definition) is 9. The molecule has 1 unspecified atom stereocenters. The Morgan fingerprint density at radius 2 is 1.63 bits per heavy atom. The van der Waals surface area contributed by atoms with Crippen molar-refractivity contribution >= 4 is 45.7 Å². The molecule has 4 heterocycles. The van der Waals surface area contributed by atoms with Crippen molar-refractivity contribution in [1.29, 1.82) is 0 Å². The van der Waals surface area contributed by atoms with Gasteiger partial charge in [-0.3, -0.25) is 4.98 Å². The van der Waals surface area contributed by atoms with Gasteiger partial charge >= 0.3 is 6.09 Å². The summed E-state index contributed by atoms with van der Waals surface area (Å²) in [6.07, 6.45) is 4.53. The van der Waals surface area contributed by atoms with E-state index in [2.05, 4.69) is 68.0 Å². The van der Waals surface area contributed by atoms with Crippen molar-refractivity contribution in [2.45, 2.75) is 133 Å². The number of methoxy groups -OCH3 is 1. The molecule has 3 atom stereocenters. The molecule has 2 aromatic carbocycles. The number of amides is 1. The van der Waals surface area contributed by atoms with Gasteiger partial charge in [-0.15, -0.1) is 5.54 Å². The van der Waals surface area contributed by atoms with Crippen LogP contribution in [-0.4, -0.2) is 80.3 Å². The van der Waals surface area contributed by atoms with Crippen LogP contribution >= 0.6 is 0 Å². The molecule has 2 aliphatic rings. The monoisotopic (exact) mass is 820 g/mol. The number of fused-ring (bicyclic) bond motifs is 4. The van der Waals surface area contributed by atoms with Gasteiger partial charge in [-0.05, 0) is 86.7 Å². The summed E-state index contributed by atoms with van der Waals surface area (Å²) in [4.78, 5) is 28.5. The van der Waals surface area contributed by atoms with E-state index >= 15 is 8.78 Å². The first-order valence-corrected chi connectivity index (χ1v) is 23.8. The number of nitrogens with zero attached hydrogens (tertiary/aromatic N) is 4. The Bertz CT molecular complexity index is 2350. The lowest BCUT2D eigenvalue weighted by molar-refractivity contribution is 0.00572. The van der Waals surface area contributed by atoms with Crippen molar-refractivity contribution in [2.24, 2.45) is 0 Å². The smallest absolute Gasteiger partial charge is 0.410 e. The van der Waals surface area contributed by atoms with Crippen LogP contribution in [0.1, 0.15) is 105 Å². The average molecular weight is 821 g/mol. The Balaban J connectivity index is 1.57. The predicted octanol–water partition coefficient (Wildman–Crippen LogP) is 9.72. The highest BCUT2D eigenvalue weighted by Gasteiger charge is 2.46. The number of carbonyl (C=O) groups is 1. The molecule has 2 bridgehead atoms. The Kier molecular flexibility index (Phi) is 11.8. The van der Waals surface area contributed by atoms with Crippen molar-refractivity contribution in [3.05, 3.63) is 53.4 Å². The van der Waals surface area contributed by atoms with E-state index in [1.54, 1.807) is 23.1 Å². The fourth-order valence-corrected chi connectivity index (χ4v) is 15.0. The second-order valence-corrected chi connectivity index (χ2v) is 25.0. The highest BCUT2D eigenvalue weighted by molar-refractivity contribution is 7.90. The van der Waals surface area contributed by atoms with E-state index < -0.39 is 40.3 Å². The fraction of sp³-hybridized carbons (Fsp3) is 0.535. The number of aromatic nitrogens is 3. The number of piperidine rings is 1. The van der Waals surface area contributed by atoms with Gasteiger partial charge in [-0.25, -0.2) is 32.0 Å². The zero-order valence-corrected chi connectivity index (χ0v) is 36.6. The average Bonchev–Trinajstić information content (AvgIpc) is 3.39. The topological polar surface area (TPSA) is 121 Å². The summed E-state index contributed by atoms with van der Waals surface area (Å²) in [5.41, 5.74) is 4.10. The molecule has 2 saturated heterocycles. The number of sulfone groups is 1. The van der Waals surface area contributed by atoms with E-state index in [9.17, 15) is 13.2 Å².